The number of hydrogen-bond acceptors (Lipinski definition) is 3. The Morgan fingerprint density at radius 1 is 1.55 bits per heavy atom. The summed E-state index contributed by atoms with van der Waals surface area (Å²) in [5, 5.41) is 16.8. The lowest BCUT2D eigenvalue weighted by Gasteiger charge is -2.08. The topological polar surface area (TPSA) is 101 Å². The van der Waals surface area contributed by atoms with Gasteiger partial charge in [0.15, 0.2) is 0 Å². The van der Waals surface area contributed by atoms with Crippen molar-refractivity contribution >= 4 is 11.9 Å². The molecular formula is C6H11NO4. The van der Waals surface area contributed by atoms with E-state index in [2.05, 4.69) is 0 Å². The molecule has 0 unspecified atom stereocenters. The molecule has 0 rings (SSSR count). The van der Waals surface area contributed by atoms with Crippen molar-refractivity contribution in [1.82, 2.24) is 0 Å². The normalized spacial score (nSPS) is 19.6. The van der Waals surface area contributed by atoms with Crippen LogP contribution in [0.1, 0.15) is 14.7 Å². The van der Waals surface area contributed by atoms with E-state index in [4.69, 9.17) is 17.3 Å². The summed E-state index contributed by atoms with van der Waals surface area (Å²) in [6, 6.07) is -1.30. The molecular weight excluding hydrogens is 150 g/mol. The van der Waals surface area contributed by atoms with E-state index < -0.39 is 30.3 Å². The molecule has 0 spiro atoms. The summed E-state index contributed by atoms with van der Waals surface area (Å²) in [7, 11) is 0. The number of rotatable bonds is 4. The van der Waals surface area contributed by atoms with Crippen LogP contribution in [0.25, 0.3) is 0 Å². The van der Waals surface area contributed by atoms with Gasteiger partial charge < -0.3 is 15.9 Å². The van der Waals surface area contributed by atoms with Gasteiger partial charge in [-0.2, -0.15) is 0 Å². The zero-order valence-corrected chi connectivity index (χ0v) is 6.07. The van der Waals surface area contributed by atoms with Gasteiger partial charge in [0.05, 0.1) is 5.89 Å². The molecule has 11 heavy (non-hydrogen) atoms. The fourth-order valence-electron chi connectivity index (χ4n) is 0.504. The molecule has 5 nitrogen and oxygen atoms in total. The molecule has 0 aliphatic heterocycles. The van der Waals surface area contributed by atoms with Gasteiger partial charge in [-0.25, -0.2) is 0 Å². The Labute approximate surface area is 65.2 Å². The van der Waals surface area contributed by atoms with Crippen LogP contribution < -0.4 is 5.73 Å². The maximum atomic E-state index is 10.3. The van der Waals surface area contributed by atoms with Crippen molar-refractivity contribution in [2.45, 2.75) is 19.4 Å². The summed E-state index contributed by atoms with van der Waals surface area (Å²) < 4.78 is 7.16. The van der Waals surface area contributed by atoms with E-state index in [0.717, 1.165) is 6.92 Å². The van der Waals surface area contributed by atoms with Crippen molar-refractivity contribution < 1.29 is 21.2 Å². The summed E-state index contributed by atoms with van der Waals surface area (Å²) in [5.74, 6) is -4.51. The molecule has 0 aromatic carbocycles. The van der Waals surface area contributed by atoms with Crippen molar-refractivity contribution in [1.29, 1.82) is 0 Å². The van der Waals surface area contributed by atoms with Crippen molar-refractivity contribution in [3.63, 3.8) is 0 Å². The van der Waals surface area contributed by atoms with Crippen LogP contribution in [0.15, 0.2) is 0 Å². The Morgan fingerprint density at radius 2 is 2.00 bits per heavy atom. The van der Waals surface area contributed by atoms with E-state index in [0.29, 0.717) is 0 Å². The highest BCUT2D eigenvalue weighted by molar-refractivity contribution is 5.75. The molecule has 0 aliphatic carbocycles. The molecule has 0 aromatic heterocycles. The Hall–Kier alpha value is -1.10. The van der Waals surface area contributed by atoms with Gasteiger partial charge in [-0.1, -0.05) is 6.92 Å². The first-order valence-electron chi connectivity index (χ1n) is 3.49. The van der Waals surface area contributed by atoms with Crippen LogP contribution in [0.5, 0.6) is 0 Å². The fraction of sp³-hybridized carbons (Fsp3) is 0.667. The second-order valence-corrected chi connectivity index (χ2v) is 2.23. The minimum atomic E-state index is -1.84. The maximum absolute atomic E-state index is 10.3. The third kappa shape index (κ3) is 3.57. The molecule has 0 fully saturated rings. The molecule has 0 amide bonds. The van der Waals surface area contributed by atoms with Crippen LogP contribution >= 0.6 is 0 Å². The fourth-order valence-corrected chi connectivity index (χ4v) is 0.504. The van der Waals surface area contributed by atoms with Gasteiger partial charge in [-0.05, 0) is 6.42 Å². The van der Waals surface area contributed by atoms with Crippen LogP contribution in [0.3, 0.4) is 0 Å². The number of aliphatic carboxylic acids is 2. The van der Waals surface area contributed by atoms with Crippen LogP contribution in [0.2, 0.25) is 0 Å². The molecule has 0 aromatic rings. The van der Waals surface area contributed by atoms with Gasteiger partial charge in [-0.15, -0.1) is 0 Å². The molecule has 0 heterocycles. The van der Waals surface area contributed by atoms with Crippen molar-refractivity contribution in [3.8, 4) is 0 Å². The highest BCUT2D eigenvalue weighted by Gasteiger charge is 2.19. The Balaban J connectivity index is 4.24. The van der Waals surface area contributed by atoms with E-state index in [-0.39, 0.29) is 0 Å². The lowest BCUT2D eigenvalue weighted by molar-refractivity contribution is -0.143. The number of nitrogens with two attached hydrogens (primary N) is 1. The predicted octanol–water partition coefficient (Wildman–Crippen LogP) is -0.491. The van der Waals surface area contributed by atoms with Gasteiger partial charge in [0.1, 0.15) is 6.04 Å². The summed E-state index contributed by atoms with van der Waals surface area (Å²) >= 11 is 0. The van der Waals surface area contributed by atoms with E-state index in [1.165, 1.54) is 0 Å². The Bertz CT molecular complexity index is 204. The standard InChI is InChI=1S/C6H11NO4/c1-3(5(8)9)2-4(7)6(10)11/h3-4H,2,7H2,1H3,(H,8,9)(H,10,11)/t3-,4+/m1/s1/i3T. The number of carboxylic acids is 2. The first-order chi connectivity index (χ1) is 5.27. The van der Waals surface area contributed by atoms with Gasteiger partial charge >= 0.3 is 11.9 Å². The van der Waals surface area contributed by atoms with E-state index >= 15 is 0 Å². The smallest absolute Gasteiger partial charge is 0.320 e. The van der Waals surface area contributed by atoms with Crippen LogP contribution in [0, 0.1) is 5.89 Å². The second-order valence-electron chi connectivity index (χ2n) is 2.23. The lowest BCUT2D eigenvalue weighted by atomic mass is 10.0. The van der Waals surface area contributed by atoms with Gasteiger partial charge in [0.2, 0.25) is 0 Å². The van der Waals surface area contributed by atoms with Gasteiger partial charge in [0, 0.05) is 1.37 Å². The molecule has 0 aliphatic rings. The monoisotopic (exact) mass is 163 g/mol. The minimum absolute atomic E-state index is 0.405. The summed E-state index contributed by atoms with van der Waals surface area (Å²) in [4.78, 5) is 20.5. The summed E-state index contributed by atoms with van der Waals surface area (Å²) in [6.07, 6.45) is -0.405. The van der Waals surface area contributed by atoms with Gasteiger partial charge in [-0.3, -0.25) is 9.59 Å². The average Bonchev–Trinajstić information content (AvgIpc) is 1.85. The molecule has 0 bridgehead atoms. The SMILES string of the molecule is [3H][C@@](C)(C[C@H](N)C(=O)O)C(=O)O. The first kappa shape index (κ1) is 8.00. The third-order valence-corrected chi connectivity index (χ3v) is 1.21. The minimum Gasteiger partial charge on any atom is -0.481 e. The third-order valence-electron chi connectivity index (χ3n) is 1.21. The van der Waals surface area contributed by atoms with Crippen molar-refractivity contribution in [3.05, 3.63) is 0 Å². The highest BCUT2D eigenvalue weighted by Crippen LogP contribution is 2.04. The highest BCUT2D eigenvalue weighted by atomic mass is 16.4. The largest absolute Gasteiger partial charge is 0.481 e. The van der Waals surface area contributed by atoms with Crippen LogP contribution in [-0.4, -0.2) is 28.2 Å². The predicted molar refractivity (Wildman–Crippen MR) is 37.0 cm³/mol. The average molecular weight is 163 g/mol. The molecule has 0 saturated carbocycles. The zero-order chi connectivity index (χ0) is 9.94. The molecule has 0 saturated heterocycles. The first-order valence-corrected chi connectivity index (χ1v) is 2.99. The van der Waals surface area contributed by atoms with E-state index in [9.17, 15) is 9.59 Å². The quantitative estimate of drug-likeness (QED) is 0.519. The molecule has 2 atom stereocenters. The Kier molecular flexibility index (Phi) is 2.85. The molecule has 4 N–H and O–H groups in total. The van der Waals surface area contributed by atoms with E-state index in [1.54, 1.807) is 0 Å². The van der Waals surface area contributed by atoms with Crippen LogP contribution in [0.4, 0.5) is 0 Å². The Morgan fingerprint density at radius 3 is 2.27 bits per heavy atom. The van der Waals surface area contributed by atoms with Crippen molar-refractivity contribution in [2.24, 2.45) is 11.6 Å². The van der Waals surface area contributed by atoms with Crippen molar-refractivity contribution in [2.75, 3.05) is 0 Å². The van der Waals surface area contributed by atoms with Gasteiger partial charge in [0.25, 0.3) is 0 Å². The summed E-state index contributed by atoms with van der Waals surface area (Å²) in [5.41, 5.74) is 5.06. The molecule has 64 valence electrons. The van der Waals surface area contributed by atoms with E-state index in [1.807, 2.05) is 0 Å². The van der Waals surface area contributed by atoms with Crippen LogP contribution in [-0.2, 0) is 9.59 Å². The number of hydrogen-bond donors (Lipinski definition) is 3. The number of carboxylic acid groups (broad SMARTS) is 2. The summed E-state index contributed by atoms with van der Waals surface area (Å²) in [6.45, 7) is 1.11. The molecule has 0 radical (unpaired) electrons. The lowest BCUT2D eigenvalue weighted by Crippen LogP contribution is -2.33. The number of carbonyl (C=O) groups is 2. The maximum Gasteiger partial charge on any atom is 0.320 e. The zero-order valence-electron chi connectivity index (χ0n) is 7.07. The second kappa shape index (κ2) is 3.92. The molecule has 5 heteroatoms.